The van der Waals surface area contributed by atoms with Gasteiger partial charge in [-0.2, -0.15) is 5.10 Å². The SMILES string of the molecule is Fc1cccc2[nH]nc(C3CCN(c4ccc(N5CCOCC5)cc4)CC3)c12. The van der Waals surface area contributed by atoms with E-state index in [-0.39, 0.29) is 5.82 Å². The second-order valence-corrected chi connectivity index (χ2v) is 7.65. The molecule has 6 heteroatoms. The lowest BCUT2D eigenvalue weighted by molar-refractivity contribution is 0.122. The van der Waals surface area contributed by atoms with Crippen molar-refractivity contribution < 1.29 is 9.13 Å². The van der Waals surface area contributed by atoms with Crippen molar-refractivity contribution in [3.05, 3.63) is 54.0 Å². The fourth-order valence-electron chi connectivity index (χ4n) is 4.46. The molecule has 0 bridgehead atoms. The molecular weight excluding hydrogens is 355 g/mol. The maximum Gasteiger partial charge on any atom is 0.134 e. The smallest absolute Gasteiger partial charge is 0.134 e. The van der Waals surface area contributed by atoms with Crippen molar-refractivity contribution in [2.24, 2.45) is 0 Å². The highest BCUT2D eigenvalue weighted by atomic mass is 19.1. The fourth-order valence-corrected chi connectivity index (χ4v) is 4.46. The number of H-pyrrole nitrogens is 1. The number of fused-ring (bicyclic) bond motifs is 1. The van der Waals surface area contributed by atoms with Gasteiger partial charge in [-0.3, -0.25) is 5.10 Å². The van der Waals surface area contributed by atoms with E-state index >= 15 is 0 Å². The number of piperidine rings is 1. The van der Waals surface area contributed by atoms with Crippen molar-refractivity contribution in [3.63, 3.8) is 0 Å². The van der Waals surface area contributed by atoms with Crippen LogP contribution in [0.4, 0.5) is 15.8 Å². The number of ether oxygens (including phenoxy) is 1. The molecule has 1 aromatic heterocycles. The van der Waals surface area contributed by atoms with E-state index in [2.05, 4.69) is 44.3 Å². The second kappa shape index (κ2) is 7.43. The highest BCUT2D eigenvalue weighted by Gasteiger charge is 2.25. The molecule has 3 heterocycles. The van der Waals surface area contributed by atoms with Crippen LogP contribution in [0.2, 0.25) is 0 Å². The Morgan fingerprint density at radius 2 is 1.54 bits per heavy atom. The van der Waals surface area contributed by atoms with Crippen LogP contribution in [0.1, 0.15) is 24.5 Å². The molecule has 0 aliphatic carbocycles. The zero-order chi connectivity index (χ0) is 18.9. The average Bonchev–Trinajstić information content (AvgIpc) is 3.20. The topological polar surface area (TPSA) is 44.4 Å². The number of halogens is 1. The summed E-state index contributed by atoms with van der Waals surface area (Å²) in [6, 6.07) is 14.0. The second-order valence-electron chi connectivity index (χ2n) is 7.65. The van der Waals surface area contributed by atoms with Crippen LogP contribution >= 0.6 is 0 Å². The number of aromatic nitrogens is 2. The molecule has 28 heavy (non-hydrogen) atoms. The zero-order valence-electron chi connectivity index (χ0n) is 15.9. The van der Waals surface area contributed by atoms with Crippen molar-refractivity contribution in [3.8, 4) is 0 Å². The summed E-state index contributed by atoms with van der Waals surface area (Å²) in [5.41, 5.74) is 4.19. The van der Waals surface area contributed by atoms with E-state index in [1.165, 1.54) is 17.4 Å². The summed E-state index contributed by atoms with van der Waals surface area (Å²) in [6.07, 6.45) is 1.97. The number of morpholine rings is 1. The normalized spacial score (nSPS) is 18.8. The Morgan fingerprint density at radius 3 is 2.21 bits per heavy atom. The van der Waals surface area contributed by atoms with E-state index in [9.17, 15) is 4.39 Å². The Bertz CT molecular complexity index is 941. The third kappa shape index (κ3) is 3.22. The van der Waals surface area contributed by atoms with Crippen molar-refractivity contribution in [1.82, 2.24) is 10.2 Å². The van der Waals surface area contributed by atoms with Crippen LogP contribution in [0.5, 0.6) is 0 Å². The Morgan fingerprint density at radius 1 is 0.893 bits per heavy atom. The first-order valence-electron chi connectivity index (χ1n) is 10.1. The Kier molecular flexibility index (Phi) is 4.64. The van der Waals surface area contributed by atoms with Gasteiger partial charge in [-0.05, 0) is 49.2 Å². The molecule has 0 saturated carbocycles. The molecule has 1 N–H and O–H groups in total. The monoisotopic (exact) mass is 380 g/mol. The summed E-state index contributed by atoms with van der Waals surface area (Å²) in [5, 5.41) is 8.09. The minimum Gasteiger partial charge on any atom is -0.378 e. The van der Waals surface area contributed by atoms with Gasteiger partial charge in [0.05, 0.1) is 29.8 Å². The minimum absolute atomic E-state index is 0.178. The van der Waals surface area contributed by atoms with Gasteiger partial charge < -0.3 is 14.5 Å². The third-order valence-corrected chi connectivity index (χ3v) is 6.04. The average molecular weight is 380 g/mol. The number of benzene rings is 2. The highest BCUT2D eigenvalue weighted by molar-refractivity contribution is 5.82. The number of nitrogens with zero attached hydrogens (tertiary/aromatic N) is 3. The predicted octanol–water partition coefficient (Wildman–Crippen LogP) is 3.92. The van der Waals surface area contributed by atoms with E-state index in [1.807, 2.05) is 6.07 Å². The summed E-state index contributed by atoms with van der Waals surface area (Å²) in [4.78, 5) is 4.79. The molecule has 3 aromatic rings. The van der Waals surface area contributed by atoms with Gasteiger partial charge in [-0.25, -0.2) is 4.39 Å². The van der Waals surface area contributed by atoms with E-state index in [1.54, 1.807) is 6.07 Å². The molecule has 2 saturated heterocycles. The maximum absolute atomic E-state index is 14.3. The lowest BCUT2D eigenvalue weighted by atomic mass is 9.91. The van der Waals surface area contributed by atoms with Crippen LogP contribution in [0.3, 0.4) is 0 Å². The van der Waals surface area contributed by atoms with Gasteiger partial charge in [0, 0.05) is 43.5 Å². The molecule has 2 aliphatic rings. The van der Waals surface area contributed by atoms with Gasteiger partial charge in [0.1, 0.15) is 5.82 Å². The molecule has 2 aliphatic heterocycles. The molecule has 5 rings (SSSR count). The van der Waals surface area contributed by atoms with Crippen LogP contribution in [0, 0.1) is 5.82 Å². The quantitative estimate of drug-likeness (QED) is 0.748. The van der Waals surface area contributed by atoms with Crippen LogP contribution in [0.25, 0.3) is 10.9 Å². The van der Waals surface area contributed by atoms with Crippen molar-refractivity contribution in [2.75, 3.05) is 49.2 Å². The first-order chi connectivity index (χ1) is 13.8. The summed E-state index contributed by atoms with van der Waals surface area (Å²) in [5.74, 6) is 0.122. The summed E-state index contributed by atoms with van der Waals surface area (Å²) < 4.78 is 19.7. The molecule has 5 nitrogen and oxygen atoms in total. The van der Waals surface area contributed by atoms with E-state index < -0.39 is 0 Å². The van der Waals surface area contributed by atoms with Gasteiger partial charge in [-0.1, -0.05) is 6.07 Å². The standard InChI is InChI=1S/C22H25FN4O/c23-19-2-1-3-20-21(19)22(25-24-20)16-8-10-26(11-9-16)17-4-6-18(7-5-17)27-12-14-28-15-13-27/h1-7,16H,8-15H2,(H,24,25). The summed E-state index contributed by atoms with van der Waals surface area (Å²) in [6.45, 7) is 5.45. The lowest BCUT2D eigenvalue weighted by Gasteiger charge is -2.34. The third-order valence-electron chi connectivity index (χ3n) is 6.04. The molecule has 0 unspecified atom stereocenters. The number of hydrogen-bond acceptors (Lipinski definition) is 4. The number of hydrogen-bond donors (Lipinski definition) is 1. The van der Waals surface area contributed by atoms with Gasteiger partial charge in [-0.15, -0.1) is 0 Å². The molecule has 0 atom stereocenters. The number of anilines is 2. The van der Waals surface area contributed by atoms with Crippen LogP contribution in [0.15, 0.2) is 42.5 Å². The van der Waals surface area contributed by atoms with Crippen molar-refractivity contribution in [2.45, 2.75) is 18.8 Å². The van der Waals surface area contributed by atoms with Crippen LogP contribution in [-0.2, 0) is 4.74 Å². The molecule has 0 amide bonds. The van der Waals surface area contributed by atoms with E-state index in [0.717, 1.165) is 63.4 Å². The van der Waals surface area contributed by atoms with Gasteiger partial charge in [0.15, 0.2) is 0 Å². The van der Waals surface area contributed by atoms with Crippen LogP contribution < -0.4 is 9.80 Å². The first kappa shape index (κ1) is 17.5. The Labute approximate surface area is 164 Å². The maximum atomic E-state index is 14.3. The zero-order valence-corrected chi connectivity index (χ0v) is 15.9. The largest absolute Gasteiger partial charge is 0.378 e. The predicted molar refractivity (Wildman–Crippen MR) is 110 cm³/mol. The molecule has 2 fully saturated rings. The summed E-state index contributed by atoms with van der Waals surface area (Å²) in [7, 11) is 0. The van der Waals surface area contributed by atoms with E-state index in [0.29, 0.717) is 11.3 Å². The molecule has 0 radical (unpaired) electrons. The number of aromatic amines is 1. The van der Waals surface area contributed by atoms with Gasteiger partial charge in [0.25, 0.3) is 0 Å². The Hall–Kier alpha value is -2.60. The van der Waals surface area contributed by atoms with Gasteiger partial charge >= 0.3 is 0 Å². The molecule has 2 aromatic carbocycles. The highest BCUT2D eigenvalue weighted by Crippen LogP contribution is 2.34. The van der Waals surface area contributed by atoms with Crippen LogP contribution in [-0.4, -0.2) is 49.6 Å². The Balaban J connectivity index is 1.26. The minimum atomic E-state index is -0.178. The molecular formula is C22H25FN4O. The number of rotatable bonds is 3. The van der Waals surface area contributed by atoms with E-state index in [4.69, 9.17) is 4.74 Å². The molecule has 0 spiro atoms. The summed E-state index contributed by atoms with van der Waals surface area (Å²) >= 11 is 0. The van der Waals surface area contributed by atoms with Crippen molar-refractivity contribution >= 4 is 22.3 Å². The molecule has 146 valence electrons. The first-order valence-corrected chi connectivity index (χ1v) is 10.1. The van der Waals surface area contributed by atoms with Crippen molar-refractivity contribution in [1.29, 1.82) is 0 Å². The number of nitrogens with one attached hydrogen (secondary N) is 1. The van der Waals surface area contributed by atoms with Gasteiger partial charge in [0.2, 0.25) is 0 Å². The fraction of sp³-hybridized carbons (Fsp3) is 0.409. The lowest BCUT2D eigenvalue weighted by Crippen LogP contribution is -2.36.